The van der Waals surface area contributed by atoms with Crippen LogP contribution in [0.15, 0.2) is 42.6 Å². The van der Waals surface area contributed by atoms with E-state index in [4.69, 9.17) is 0 Å². The maximum Gasteiger partial charge on any atom is 0.230 e. The van der Waals surface area contributed by atoms with Crippen LogP contribution in [0.4, 0.5) is 11.4 Å². The molecule has 2 aliphatic heterocycles. The average molecular weight is 437 g/mol. The first-order valence-corrected chi connectivity index (χ1v) is 12.0. The molecule has 6 nitrogen and oxygen atoms in total. The number of anilines is 2. The number of carbonyl (C=O) groups is 1. The first-order chi connectivity index (χ1) is 15.4. The van der Waals surface area contributed by atoms with Crippen LogP contribution in [-0.2, 0) is 16.8 Å². The van der Waals surface area contributed by atoms with Crippen LogP contribution in [0.3, 0.4) is 0 Å². The van der Waals surface area contributed by atoms with Crippen molar-refractivity contribution in [2.45, 2.75) is 45.1 Å². The number of amides is 1. The molecule has 1 unspecified atom stereocenters. The Morgan fingerprint density at radius 3 is 2.41 bits per heavy atom. The lowest BCUT2D eigenvalue weighted by atomic mass is 9.93. The molecule has 6 heteroatoms. The smallest absolute Gasteiger partial charge is 0.230 e. The van der Waals surface area contributed by atoms with Crippen molar-refractivity contribution < 1.29 is 9.90 Å². The number of carbonyl (C=O) groups excluding carboxylic acids is 1. The van der Waals surface area contributed by atoms with Crippen LogP contribution < -0.4 is 9.80 Å². The van der Waals surface area contributed by atoms with E-state index in [1.165, 1.54) is 11.3 Å². The Morgan fingerprint density at radius 2 is 1.75 bits per heavy atom. The monoisotopic (exact) mass is 436 g/mol. The number of aromatic nitrogens is 1. The summed E-state index contributed by atoms with van der Waals surface area (Å²) in [5.74, 6) is 0.167. The summed E-state index contributed by atoms with van der Waals surface area (Å²) in [5, 5.41) is 10.7. The molecule has 1 N–H and O–H groups in total. The number of hydrogen-bond acceptors (Lipinski definition) is 5. The molecule has 172 valence electrons. The Labute approximate surface area is 191 Å². The highest BCUT2D eigenvalue weighted by Gasteiger charge is 2.34. The van der Waals surface area contributed by atoms with E-state index in [1.807, 2.05) is 30.9 Å². The van der Waals surface area contributed by atoms with Crippen molar-refractivity contribution in [1.82, 2.24) is 9.88 Å². The molecule has 0 spiro atoms. The third-order valence-electron chi connectivity index (χ3n) is 7.32. The van der Waals surface area contributed by atoms with E-state index < -0.39 is 5.60 Å². The van der Waals surface area contributed by atoms with Gasteiger partial charge in [0.25, 0.3) is 0 Å². The fourth-order valence-electron chi connectivity index (χ4n) is 4.92. The van der Waals surface area contributed by atoms with Crippen LogP contribution >= 0.6 is 0 Å². The second kappa shape index (κ2) is 9.59. The van der Waals surface area contributed by atoms with Crippen LogP contribution in [0.25, 0.3) is 0 Å². The molecule has 2 aromatic rings. The highest BCUT2D eigenvalue weighted by molar-refractivity contribution is 5.97. The van der Waals surface area contributed by atoms with Gasteiger partial charge in [0, 0.05) is 44.3 Å². The van der Waals surface area contributed by atoms with E-state index in [0.717, 1.165) is 44.7 Å². The summed E-state index contributed by atoms with van der Waals surface area (Å²) in [6.07, 6.45) is 4.60. The minimum atomic E-state index is -0.900. The fourth-order valence-corrected chi connectivity index (χ4v) is 4.92. The Kier molecular flexibility index (Phi) is 6.82. The van der Waals surface area contributed by atoms with Gasteiger partial charge < -0.3 is 19.8 Å². The van der Waals surface area contributed by atoms with E-state index >= 15 is 0 Å². The molecule has 0 bridgehead atoms. The Bertz CT molecular complexity index is 918. The Hall–Kier alpha value is -2.44. The molecule has 2 aliphatic rings. The lowest BCUT2D eigenvalue weighted by molar-refractivity contribution is -0.120. The summed E-state index contributed by atoms with van der Waals surface area (Å²) >= 11 is 0. The SMILES string of the molecule is CCC(O)(CC)c1ccc(N2CCC(Cc3ccccc3N3CCN(C)CC3)C2=O)cn1. The van der Waals surface area contributed by atoms with E-state index in [9.17, 15) is 9.90 Å². The van der Waals surface area contributed by atoms with Crippen LogP contribution in [0.5, 0.6) is 0 Å². The number of para-hydroxylation sites is 1. The third kappa shape index (κ3) is 4.52. The van der Waals surface area contributed by atoms with Crippen molar-refractivity contribution in [2.24, 2.45) is 5.92 Å². The summed E-state index contributed by atoms with van der Waals surface area (Å²) < 4.78 is 0. The maximum atomic E-state index is 13.3. The Morgan fingerprint density at radius 1 is 1.03 bits per heavy atom. The predicted molar refractivity (Wildman–Crippen MR) is 129 cm³/mol. The number of nitrogens with zero attached hydrogens (tertiary/aromatic N) is 4. The van der Waals surface area contributed by atoms with Gasteiger partial charge in [-0.15, -0.1) is 0 Å². The number of benzene rings is 1. The number of pyridine rings is 1. The number of piperazine rings is 1. The van der Waals surface area contributed by atoms with Gasteiger partial charge in [0.05, 0.1) is 17.6 Å². The molecule has 0 aliphatic carbocycles. The lowest BCUT2D eigenvalue weighted by Gasteiger charge is -2.35. The summed E-state index contributed by atoms with van der Waals surface area (Å²) in [6, 6.07) is 12.3. The van der Waals surface area contributed by atoms with Gasteiger partial charge in [-0.1, -0.05) is 32.0 Å². The molecular weight excluding hydrogens is 400 g/mol. The first-order valence-electron chi connectivity index (χ1n) is 12.0. The van der Waals surface area contributed by atoms with Crippen molar-refractivity contribution in [3.05, 3.63) is 53.9 Å². The topological polar surface area (TPSA) is 59.9 Å². The van der Waals surface area contributed by atoms with Gasteiger partial charge in [0.15, 0.2) is 0 Å². The Balaban J connectivity index is 1.46. The second-order valence-electron chi connectivity index (χ2n) is 9.24. The molecule has 2 fully saturated rings. The zero-order valence-electron chi connectivity index (χ0n) is 19.6. The molecule has 4 rings (SSSR count). The second-order valence-corrected chi connectivity index (χ2v) is 9.24. The number of rotatable bonds is 7. The molecule has 1 aromatic carbocycles. The highest BCUT2D eigenvalue weighted by atomic mass is 16.3. The molecule has 1 aromatic heterocycles. The average Bonchev–Trinajstić information content (AvgIpc) is 3.19. The minimum absolute atomic E-state index is 0.00786. The van der Waals surface area contributed by atoms with Crippen LogP contribution in [0, 0.1) is 5.92 Å². The first kappa shape index (κ1) is 22.7. The molecule has 1 amide bonds. The maximum absolute atomic E-state index is 13.3. The predicted octanol–water partition coefficient (Wildman–Crippen LogP) is 3.44. The number of likely N-dealkylation sites (N-methyl/N-ethyl adjacent to an activating group) is 1. The van der Waals surface area contributed by atoms with Gasteiger partial charge in [0.1, 0.15) is 5.60 Å². The van der Waals surface area contributed by atoms with Gasteiger partial charge in [-0.2, -0.15) is 0 Å². The van der Waals surface area contributed by atoms with Gasteiger partial charge in [0.2, 0.25) is 5.91 Å². The van der Waals surface area contributed by atoms with Gasteiger partial charge >= 0.3 is 0 Å². The van der Waals surface area contributed by atoms with Gasteiger partial charge in [-0.05, 0) is 56.5 Å². The quantitative estimate of drug-likeness (QED) is 0.721. The minimum Gasteiger partial charge on any atom is -0.384 e. The van der Waals surface area contributed by atoms with Crippen LogP contribution in [0.2, 0.25) is 0 Å². The third-order valence-corrected chi connectivity index (χ3v) is 7.32. The van der Waals surface area contributed by atoms with Crippen LogP contribution in [0.1, 0.15) is 44.4 Å². The molecule has 0 saturated carbocycles. The molecule has 3 heterocycles. The zero-order chi connectivity index (χ0) is 22.7. The van der Waals surface area contributed by atoms with Crippen molar-refractivity contribution in [2.75, 3.05) is 49.6 Å². The van der Waals surface area contributed by atoms with E-state index in [0.29, 0.717) is 25.1 Å². The van der Waals surface area contributed by atoms with Crippen LogP contribution in [-0.4, -0.2) is 60.7 Å². The summed E-state index contributed by atoms with van der Waals surface area (Å²) in [4.78, 5) is 24.4. The van der Waals surface area contributed by atoms with E-state index in [1.54, 1.807) is 6.20 Å². The summed E-state index contributed by atoms with van der Waals surface area (Å²) in [7, 11) is 2.17. The van der Waals surface area contributed by atoms with Crippen molar-refractivity contribution in [3.8, 4) is 0 Å². The summed E-state index contributed by atoms with van der Waals surface area (Å²) in [5.41, 5.74) is 3.14. The molecule has 1 atom stereocenters. The number of hydrogen-bond donors (Lipinski definition) is 1. The van der Waals surface area contributed by atoms with Gasteiger partial charge in [-0.25, -0.2) is 0 Å². The summed E-state index contributed by atoms with van der Waals surface area (Å²) in [6.45, 7) is 8.84. The largest absolute Gasteiger partial charge is 0.384 e. The normalized spacial score (nSPS) is 20.2. The van der Waals surface area contributed by atoms with E-state index in [2.05, 4.69) is 46.1 Å². The van der Waals surface area contributed by atoms with Crippen molar-refractivity contribution in [3.63, 3.8) is 0 Å². The molecule has 0 radical (unpaired) electrons. The fraction of sp³-hybridized carbons (Fsp3) is 0.538. The van der Waals surface area contributed by atoms with Crippen molar-refractivity contribution in [1.29, 1.82) is 0 Å². The standard InChI is InChI=1S/C26H36N4O2/c1-4-26(32,5-2)24-11-10-22(19-27-24)30-13-12-21(25(30)31)18-20-8-6-7-9-23(20)29-16-14-28(3)15-17-29/h6-11,19,21,32H,4-5,12-18H2,1-3H3. The molecule has 32 heavy (non-hydrogen) atoms. The highest BCUT2D eigenvalue weighted by Crippen LogP contribution is 2.32. The number of aliphatic hydroxyl groups is 1. The van der Waals surface area contributed by atoms with Gasteiger partial charge in [-0.3, -0.25) is 9.78 Å². The lowest BCUT2D eigenvalue weighted by Crippen LogP contribution is -2.44. The van der Waals surface area contributed by atoms with E-state index in [-0.39, 0.29) is 11.8 Å². The zero-order valence-corrected chi connectivity index (χ0v) is 19.6. The molecule has 2 saturated heterocycles. The van der Waals surface area contributed by atoms with Crippen molar-refractivity contribution >= 4 is 17.3 Å². The molecular formula is C26H36N4O2.